The van der Waals surface area contributed by atoms with E-state index in [2.05, 4.69) is 10.6 Å². The summed E-state index contributed by atoms with van der Waals surface area (Å²) >= 11 is 0. The molecule has 0 radical (unpaired) electrons. The molecule has 108 valence electrons. The number of carboxylic acids is 1. The average Bonchev–Trinajstić information content (AvgIpc) is 2.28. The van der Waals surface area contributed by atoms with Crippen molar-refractivity contribution >= 4 is 17.9 Å². The molecule has 0 aromatic heterocycles. The molecule has 1 aliphatic carbocycles. The molecule has 0 unspecified atom stereocenters. The number of nitrogens with one attached hydrogen (secondary N) is 2. The number of amides is 3. The van der Waals surface area contributed by atoms with Gasteiger partial charge in [0.05, 0.1) is 0 Å². The highest BCUT2D eigenvalue weighted by Crippen LogP contribution is 2.34. The molecule has 0 heterocycles. The van der Waals surface area contributed by atoms with Crippen molar-refractivity contribution in [1.29, 1.82) is 0 Å². The van der Waals surface area contributed by atoms with Crippen molar-refractivity contribution in [2.45, 2.75) is 57.0 Å². The zero-order valence-corrected chi connectivity index (χ0v) is 11.1. The van der Waals surface area contributed by atoms with E-state index in [0.29, 0.717) is 0 Å². The van der Waals surface area contributed by atoms with E-state index in [1.807, 2.05) is 6.92 Å². The van der Waals surface area contributed by atoms with Crippen molar-refractivity contribution in [3.63, 3.8) is 0 Å². The van der Waals surface area contributed by atoms with Crippen LogP contribution in [0.3, 0.4) is 0 Å². The number of carbonyl (C=O) groups excluding carboxylic acids is 2. The van der Waals surface area contributed by atoms with E-state index < -0.39 is 23.9 Å². The average molecular weight is 271 g/mol. The maximum absolute atomic E-state index is 11.8. The molecule has 1 saturated carbocycles. The van der Waals surface area contributed by atoms with Gasteiger partial charge in [0.15, 0.2) is 0 Å². The second-order valence-electron chi connectivity index (χ2n) is 4.98. The Hall–Kier alpha value is -1.79. The predicted octanol–water partition coefficient (Wildman–Crippen LogP) is 0.337. The normalized spacial score (nSPS) is 17.9. The van der Waals surface area contributed by atoms with Gasteiger partial charge < -0.3 is 21.5 Å². The van der Waals surface area contributed by atoms with Crippen molar-refractivity contribution in [2.75, 3.05) is 0 Å². The number of urea groups is 1. The number of rotatable bonds is 7. The highest BCUT2D eigenvalue weighted by Gasteiger charge is 2.37. The second-order valence-corrected chi connectivity index (χ2v) is 4.98. The van der Waals surface area contributed by atoms with Crippen molar-refractivity contribution in [3.8, 4) is 0 Å². The molecule has 1 fully saturated rings. The van der Waals surface area contributed by atoms with Gasteiger partial charge in [-0.25, -0.2) is 9.59 Å². The molecule has 5 N–H and O–H groups in total. The monoisotopic (exact) mass is 271 g/mol. The van der Waals surface area contributed by atoms with E-state index in [4.69, 9.17) is 10.8 Å². The molecule has 19 heavy (non-hydrogen) atoms. The fourth-order valence-electron chi connectivity index (χ4n) is 2.15. The summed E-state index contributed by atoms with van der Waals surface area (Å²) in [5.74, 6) is -1.76. The summed E-state index contributed by atoms with van der Waals surface area (Å²) in [6, 6.07) is -1.60. The summed E-state index contributed by atoms with van der Waals surface area (Å²) in [7, 11) is 0. The van der Waals surface area contributed by atoms with E-state index in [1.54, 1.807) is 0 Å². The van der Waals surface area contributed by atoms with Crippen LogP contribution in [0.15, 0.2) is 0 Å². The Kier molecular flexibility index (Phi) is 5.14. The highest BCUT2D eigenvalue weighted by atomic mass is 16.4. The molecule has 3 amide bonds. The lowest BCUT2D eigenvalue weighted by atomic mass is 9.75. The van der Waals surface area contributed by atoms with Gasteiger partial charge in [0.1, 0.15) is 6.04 Å². The summed E-state index contributed by atoms with van der Waals surface area (Å²) in [6.45, 7) is 1.99. The predicted molar refractivity (Wildman–Crippen MR) is 68.4 cm³/mol. The number of hydrogen-bond acceptors (Lipinski definition) is 3. The fourth-order valence-corrected chi connectivity index (χ4v) is 2.15. The van der Waals surface area contributed by atoms with Crippen LogP contribution in [-0.2, 0) is 9.59 Å². The van der Waals surface area contributed by atoms with Crippen LogP contribution < -0.4 is 16.4 Å². The Morgan fingerprint density at radius 1 is 1.37 bits per heavy atom. The number of carbonyl (C=O) groups is 3. The lowest BCUT2D eigenvalue weighted by molar-refractivity contribution is -0.139. The molecule has 7 heteroatoms. The van der Waals surface area contributed by atoms with Gasteiger partial charge in [-0.2, -0.15) is 0 Å². The molecule has 1 aliphatic rings. The van der Waals surface area contributed by atoms with E-state index >= 15 is 0 Å². The van der Waals surface area contributed by atoms with Crippen LogP contribution in [0.2, 0.25) is 0 Å². The molecular formula is C12H21N3O4. The van der Waals surface area contributed by atoms with Crippen LogP contribution in [0.25, 0.3) is 0 Å². The van der Waals surface area contributed by atoms with Gasteiger partial charge in [0.25, 0.3) is 0 Å². The maximum atomic E-state index is 11.8. The third-order valence-electron chi connectivity index (χ3n) is 3.65. The minimum absolute atomic E-state index is 0.00277. The summed E-state index contributed by atoms with van der Waals surface area (Å²) in [5.41, 5.74) is 4.77. The van der Waals surface area contributed by atoms with Gasteiger partial charge >= 0.3 is 12.0 Å². The standard InChI is InChI=1S/C12H21N3O4/c1-2-12(6-3-7-12)15-11(19)14-8(10(17)18)4-5-9(13)16/h8H,2-7H2,1H3,(H2,13,16)(H,17,18)(H2,14,15,19)/t8-/m0/s1. The third-order valence-corrected chi connectivity index (χ3v) is 3.65. The van der Waals surface area contributed by atoms with Gasteiger partial charge in [-0.15, -0.1) is 0 Å². The molecular weight excluding hydrogens is 250 g/mol. The molecule has 0 aromatic carbocycles. The third kappa shape index (κ3) is 4.42. The summed E-state index contributed by atoms with van der Waals surface area (Å²) < 4.78 is 0. The van der Waals surface area contributed by atoms with Gasteiger partial charge in [0.2, 0.25) is 5.91 Å². The molecule has 0 aliphatic heterocycles. The van der Waals surface area contributed by atoms with E-state index in [1.165, 1.54) is 0 Å². The lowest BCUT2D eigenvalue weighted by Gasteiger charge is -2.42. The number of aliphatic carboxylic acids is 1. The largest absolute Gasteiger partial charge is 0.480 e. The number of hydrogen-bond donors (Lipinski definition) is 4. The first-order valence-electron chi connectivity index (χ1n) is 6.48. The number of primary amides is 1. The smallest absolute Gasteiger partial charge is 0.326 e. The summed E-state index contributed by atoms with van der Waals surface area (Å²) in [6.07, 6.45) is 3.64. The summed E-state index contributed by atoms with van der Waals surface area (Å²) in [4.78, 5) is 33.4. The molecule has 1 atom stereocenters. The van der Waals surface area contributed by atoms with Crippen molar-refractivity contribution < 1.29 is 19.5 Å². The quantitative estimate of drug-likeness (QED) is 0.533. The SMILES string of the molecule is CCC1(NC(=O)N[C@@H](CCC(N)=O)C(=O)O)CCC1. The molecule has 0 aromatic rings. The summed E-state index contributed by atoms with van der Waals surface area (Å²) in [5, 5.41) is 14.2. The van der Waals surface area contributed by atoms with Gasteiger partial charge in [-0.1, -0.05) is 6.92 Å². The molecule has 1 rings (SSSR count). The van der Waals surface area contributed by atoms with Crippen LogP contribution in [0.4, 0.5) is 4.79 Å². The minimum atomic E-state index is -1.17. The van der Waals surface area contributed by atoms with Crippen LogP contribution in [0.1, 0.15) is 45.4 Å². The Balaban J connectivity index is 2.47. The Morgan fingerprint density at radius 3 is 2.37 bits per heavy atom. The van der Waals surface area contributed by atoms with Crippen molar-refractivity contribution in [2.24, 2.45) is 5.73 Å². The molecule has 0 bridgehead atoms. The first kappa shape index (κ1) is 15.3. The van der Waals surface area contributed by atoms with Crippen LogP contribution in [-0.4, -0.2) is 34.6 Å². The van der Waals surface area contributed by atoms with Gasteiger partial charge in [-0.05, 0) is 32.1 Å². The Bertz CT molecular complexity index is 360. The topological polar surface area (TPSA) is 122 Å². The minimum Gasteiger partial charge on any atom is -0.480 e. The highest BCUT2D eigenvalue weighted by molar-refractivity contribution is 5.83. The van der Waals surface area contributed by atoms with E-state index in [-0.39, 0.29) is 18.4 Å². The van der Waals surface area contributed by atoms with E-state index in [0.717, 1.165) is 25.7 Å². The van der Waals surface area contributed by atoms with Crippen LogP contribution >= 0.6 is 0 Å². The maximum Gasteiger partial charge on any atom is 0.326 e. The number of nitrogens with two attached hydrogens (primary N) is 1. The lowest BCUT2D eigenvalue weighted by Crippen LogP contribution is -2.58. The molecule has 0 spiro atoms. The Morgan fingerprint density at radius 2 is 2.00 bits per heavy atom. The molecule has 7 nitrogen and oxygen atoms in total. The van der Waals surface area contributed by atoms with Crippen LogP contribution in [0.5, 0.6) is 0 Å². The first-order chi connectivity index (χ1) is 8.88. The zero-order chi connectivity index (χ0) is 14.5. The second kappa shape index (κ2) is 6.40. The fraction of sp³-hybridized carbons (Fsp3) is 0.750. The Labute approximate surface area is 111 Å². The van der Waals surface area contributed by atoms with Crippen LogP contribution in [0, 0.1) is 0 Å². The van der Waals surface area contributed by atoms with Gasteiger partial charge in [0, 0.05) is 12.0 Å². The van der Waals surface area contributed by atoms with E-state index in [9.17, 15) is 14.4 Å². The number of carboxylic acid groups (broad SMARTS) is 1. The zero-order valence-electron chi connectivity index (χ0n) is 11.1. The first-order valence-corrected chi connectivity index (χ1v) is 6.48. The van der Waals surface area contributed by atoms with Crippen molar-refractivity contribution in [3.05, 3.63) is 0 Å². The molecule has 0 saturated heterocycles. The van der Waals surface area contributed by atoms with Gasteiger partial charge in [-0.3, -0.25) is 4.79 Å². The van der Waals surface area contributed by atoms with Crippen molar-refractivity contribution in [1.82, 2.24) is 10.6 Å².